The highest BCUT2D eigenvalue weighted by Crippen LogP contribution is 2.30. The van der Waals surface area contributed by atoms with Gasteiger partial charge in [0.25, 0.3) is 0 Å². The molecule has 0 radical (unpaired) electrons. The maximum atomic E-state index is 12.3. The first-order chi connectivity index (χ1) is 8.74. The largest absolute Gasteiger partial charge is 0.480 e. The number of halogens is 3. The minimum Gasteiger partial charge on any atom is -0.480 e. The van der Waals surface area contributed by atoms with Crippen LogP contribution >= 0.6 is 0 Å². The predicted octanol–water partition coefficient (Wildman–Crippen LogP) is 1.20. The molecule has 106 valence electrons. The van der Waals surface area contributed by atoms with E-state index in [1.807, 2.05) is 5.32 Å². The van der Waals surface area contributed by atoms with E-state index in [1.165, 1.54) is 0 Å². The molecular formula is C11H13F3N2O3. The molecule has 0 bridgehead atoms. The first-order valence-corrected chi connectivity index (χ1v) is 5.54. The monoisotopic (exact) mass is 278 g/mol. The van der Waals surface area contributed by atoms with Gasteiger partial charge in [-0.15, -0.1) is 12.3 Å². The third-order valence-electron chi connectivity index (χ3n) is 2.52. The van der Waals surface area contributed by atoms with Crippen LogP contribution in [0.3, 0.4) is 0 Å². The standard InChI is InChI=1S/C11H13F3N2O3/c1-2-3-8(9(17)18)15-10(19)16(7-4-5-7)6-11(12,13)14/h1,7-8H,3-6H2,(H,15,19)(H,17,18). The molecule has 1 fully saturated rings. The number of hydrogen-bond acceptors (Lipinski definition) is 2. The normalized spacial score (nSPS) is 16.3. The van der Waals surface area contributed by atoms with Gasteiger partial charge in [0.1, 0.15) is 12.6 Å². The third-order valence-corrected chi connectivity index (χ3v) is 2.52. The van der Waals surface area contributed by atoms with Crippen LogP contribution in [0.1, 0.15) is 19.3 Å². The van der Waals surface area contributed by atoms with Crippen molar-refractivity contribution in [2.24, 2.45) is 0 Å². The summed E-state index contributed by atoms with van der Waals surface area (Å²) in [6.07, 6.45) is 1.09. The molecule has 0 aromatic carbocycles. The summed E-state index contributed by atoms with van der Waals surface area (Å²) in [5.41, 5.74) is 0. The minimum absolute atomic E-state index is 0.286. The van der Waals surface area contributed by atoms with E-state index in [-0.39, 0.29) is 6.42 Å². The maximum Gasteiger partial charge on any atom is 0.406 e. The van der Waals surface area contributed by atoms with Gasteiger partial charge in [-0.25, -0.2) is 9.59 Å². The quantitative estimate of drug-likeness (QED) is 0.742. The molecule has 8 heteroatoms. The minimum atomic E-state index is -4.52. The number of rotatable bonds is 5. The second kappa shape index (κ2) is 5.82. The van der Waals surface area contributed by atoms with Crippen LogP contribution < -0.4 is 5.32 Å². The van der Waals surface area contributed by atoms with Gasteiger partial charge >= 0.3 is 18.2 Å². The van der Waals surface area contributed by atoms with E-state index < -0.39 is 36.8 Å². The predicted molar refractivity (Wildman–Crippen MR) is 59.2 cm³/mol. The number of nitrogens with one attached hydrogen (secondary N) is 1. The summed E-state index contributed by atoms with van der Waals surface area (Å²) in [6, 6.07) is -2.92. The van der Waals surface area contributed by atoms with Crippen molar-refractivity contribution in [2.45, 2.75) is 37.5 Å². The number of hydrogen-bond donors (Lipinski definition) is 2. The molecule has 19 heavy (non-hydrogen) atoms. The van der Waals surface area contributed by atoms with E-state index in [0.29, 0.717) is 17.7 Å². The van der Waals surface area contributed by atoms with Crippen molar-refractivity contribution in [3.8, 4) is 12.3 Å². The van der Waals surface area contributed by atoms with E-state index in [1.54, 1.807) is 0 Å². The first-order valence-electron chi connectivity index (χ1n) is 5.54. The second-order valence-corrected chi connectivity index (χ2v) is 4.22. The molecule has 1 rings (SSSR count). The third kappa shape index (κ3) is 5.07. The summed E-state index contributed by atoms with van der Waals surface area (Å²) in [7, 11) is 0. The topological polar surface area (TPSA) is 69.6 Å². The molecule has 1 aliphatic carbocycles. The Balaban J connectivity index is 2.66. The van der Waals surface area contributed by atoms with Gasteiger partial charge in [0.05, 0.1) is 0 Å². The Labute approximate surface area is 107 Å². The zero-order valence-corrected chi connectivity index (χ0v) is 9.91. The van der Waals surface area contributed by atoms with E-state index in [4.69, 9.17) is 11.5 Å². The number of carboxylic acid groups (broad SMARTS) is 1. The number of carboxylic acids is 1. The van der Waals surface area contributed by atoms with Crippen LogP contribution in [0.5, 0.6) is 0 Å². The van der Waals surface area contributed by atoms with Crippen molar-refractivity contribution in [3.05, 3.63) is 0 Å². The van der Waals surface area contributed by atoms with Crippen molar-refractivity contribution >= 4 is 12.0 Å². The van der Waals surface area contributed by atoms with Crippen LogP contribution in [-0.2, 0) is 4.79 Å². The smallest absolute Gasteiger partial charge is 0.406 e. The summed E-state index contributed by atoms with van der Waals surface area (Å²) in [6.45, 7) is -1.40. The van der Waals surface area contributed by atoms with Gasteiger partial charge in [0, 0.05) is 12.5 Å². The summed E-state index contributed by atoms with van der Waals surface area (Å²) in [4.78, 5) is 23.0. The van der Waals surface area contributed by atoms with Gasteiger partial charge in [-0.05, 0) is 12.8 Å². The average Bonchev–Trinajstić information content (AvgIpc) is 3.07. The molecule has 1 atom stereocenters. The lowest BCUT2D eigenvalue weighted by Gasteiger charge is -2.25. The number of urea groups is 1. The van der Waals surface area contributed by atoms with E-state index in [9.17, 15) is 22.8 Å². The lowest BCUT2D eigenvalue weighted by atomic mass is 10.2. The molecule has 2 amide bonds. The number of terminal acetylenes is 1. The van der Waals surface area contributed by atoms with E-state index >= 15 is 0 Å². The Kier molecular flexibility index (Phi) is 4.64. The molecule has 5 nitrogen and oxygen atoms in total. The van der Waals surface area contributed by atoms with Gasteiger partial charge in [0.2, 0.25) is 0 Å². The molecule has 1 unspecified atom stereocenters. The van der Waals surface area contributed by atoms with Crippen LogP contribution in [0, 0.1) is 12.3 Å². The molecule has 0 spiro atoms. The number of carbonyl (C=O) groups excluding carboxylic acids is 1. The number of nitrogens with zero attached hydrogens (tertiary/aromatic N) is 1. The highest BCUT2D eigenvalue weighted by atomic mass is 19.4. The number of carbonyl (C=O) groups is 2. The van der Waals surface area contributed by atoms with Crippen LogP contribution in [0.4, 0.5) is 18.0 Å². The summed E-state index contributed by atoms with van der Waals surface area (Å²) >= 11 is 0. The molecule has 0 aromatic heterocycles. The van der Waals surface area contributed by atoms with Crippen LogP contribution in [0.15, 0.2) is 0 Å². The van der Waals surface area contributed by atoms with Crippen molar-refractivity contribution in [1.29, 1.82) is 0 Å². The van der Waals surface area contributed by atoms with E-state index in [2.05, 4.69) is 5.92 Å². The fourth-order valence-corrected chi connectivity index (χ4v) is 1.50. The first kappa shape index (κ1) is 15.1. The Morgan fingerprint density at radius 2 is 2.05 bits per heavy atom. The Bertz CT molecular complexity index is 399. The average molecular weight is 278 g/mol. The summed E-state index contributed by atoms with van der Waals surface area (Å²) in [5.74, 6) is 0.670. The molecular weight excluding hydrogens is 265 g/mol. The van der Waals surface area contributed by atoms with Crippen molar-refractivity contribution < 1.29 is 27.9 Å². The molecule has 0 saturated heterocycles. The summed E-state index contributed by atoms with van der Waals surface area (Å²) < 4.78 is 37.0. The Morgan fingerprint density at radius 3 is 2.42 bits per heavy atom. The fourth-order valence-electron chi connectivity index (χ4n) is 1.50. The van der Waals surface area contributed by atoms with Crippen LogP contribution in [0.25, 0.3) is 0 Å². The molecule has 0 heterocycles. The van der Waals surface area contributed by atoms with Gasteiger partial charge < -0.3 is 15.3 Å². The van der Waals surface area contributed by atoms with Gasteiger partial charge in [-0.1, -0.05) is 0 Å². The fraction of sp³-hybridized carbons (Fsp3) is 0.636. The Morgan fingerprint density at radius 1 is 1.47 bits per heavy atom. The highest BCUT2D eigenvalue weighted by Gasteiger charge is 2.41. The van der Waals surface area contributed by atoms with Crippen LogP contribution in [-0.4, -0.2) is 46.8 Å². The van der Waals surface area contributed by atoms with Gasteiger partial charge in [-0.2, -0.15) is 13.2 Å². The molecule has 1 saturated carbocycles. The molecule has 0 aliphatic heterocycles. The maximum absolute atomic E-state index is 12.3. The zero-order chi connectivity index (χ0) is 14.6. The summed E-state index contributed by atoms with van der Waals surface area (Å²) in [5, 5.41) is 10.8. The number of aliphatic carboxylic acids is 1. The zero-order valence-electron chi connectivity index (χ0n) is 9.91. The van der Waals surface area contributed by atoms with Crippen molar-refractivity contribution in [1.82, 2.24) is 10.2 Å². The number of alkyl halides is 3. The SMILES string of the molecule is C#CCC(NC(=O)N(CC(F)(F)F)C1CC1)C(=O)O. The molecule has 0 aromatic rings. The molecule has 2 N–H and O–H groups in total. The lowest BCUT2D eigenvalue weighted by molar-refractivity contribution is -0.141. The van der Waals surface area contributed by atoms with Crippen LogP contribution in [0.2, 0.25) is 0 Å². The Hall–Kier alpha value is -1.91. The van der Waals surface area contributed by atoms with Gasteiger partial charge in [0.15, 0.2) is 0 Å². The second-order valence-electron chi connectivity index (χ2n) is 4.22. The lowest BCUT2D eigenvalue weighted by Crippen LogP contribution is -2.51. The van der Waals surface area contributed by atoms with Crippen molar-refractivity contribution in [3.63, 3.8) is 0 Å². The van der Waals surface area contributed by atoms with E-state index in [0.717, 1.165) is 0 Å². The molecule has 1 aliphatic rings. The van der Waals surface area contributed by atoms with Gasteiger partial charge in [-0.3, -0.25) is 0 Å². The highest BCUT2D eigenvalue weighted by molar-refractivity contribution is 5.83. The number of amides is 2. The van der Waals surface area contributed by atoms with Crippen molar-refractivity contribution in [2.75, 3.05) is 6.54 Å².